The van der Waals surface area contributed by atoms with Gasteiger partial charge < -0.3 is 10.1 Å². The van der Waals surface area contributed by atoms with Crippen LogP contribution in [-0.2, 0) is 4.74 Å². The summed E-state index contributed by atoms with van der Waals surface area (Å²) in [6, 6.07) is 0.666. The molecule has 1 fully saturated rings. The fourth-order valence-corrected chi connectivity index (χ4v) is 2.64. The van der Waals surface area contributed by atoms with Crippen LogP contribution >= 0.6 is 0 Å². The quantitative estimate of drug-likeness (QED) is 0.656. The van der Waals surface area contributed by atoms with Crippen LogP contribution in [0.3, 0.4) is 0 Å². The maximum atomic E-state index is 5.64. The minimum Gasteiger partial charge on any atom is -0.378 e. The fraction of sp³-hybridized carbons (Fsp3) is 1.00. The zero-order chi connectivity index (χ0) is 11.1. The molecule has 1 aliphatic heterocycles. The molecule has 1 rings (SSSR count). The maximum absolute atomic E-state index is 5.64. The summed E-state index contributed by atoms with van der Waals surface area (Å²) < 4.78 is 5.64. The van der Waals surface area contributed by atoms with Crippen LogP contribution in [0.25, 0.3) is 0 Å². The molecule has 0 aromatic heterocycles. The number of hydrogen-bond donors (Lipinski definition) is 1. The van der Waals surface area contributed by atoms with Crippen molar-refractivity contribution in [3.8, 4) is 0 Å². The summed E-state index contributed by atoms with van der Waals surface area (Å²) in [5.74, 6) is 0.733. The van der Waals surface area contributed by atoms with Gasteiger partial charge in [0.2, 0.25) is 0 Å². The monoisotopic (exact) mass is 213 g/mol. The zero-order valence-corrected chi connectivity index (χ0v) is 10.6. The van der Waals surface area contributed by atoms with Crippen LogP contribution in [0.5, 0.6) is 0 Å². The average Bonchev–Trinajstić information content (AvgIpc) is 2.65. The molecule has 0 aromatic carbocycles. The van der Waals surface area contributed by atoms with Crippen LogP contribution in [0.2, 0.25) is 0 Å². The van der Waals surface area contributed by atoms with Gasteiger partial charge in [0.1, 0.15) is 0 Å². The van der Waals surface area contributed by atoms with E-state index in [9.17, 15) is 0 Å². The molecule has 1 aliphatic rings. The first kappa shape index (κ1) is 13.0. The van der Waals surface area contributed by atoms with Gasteiger partial charge in [0.05, 0.1) is 6.10 Å². The smallest absolute Gasteiger partial charge is 0.0590 e. The number of rotatable bonds is 7. The highest BCUT2D eigenvalue weighted by atomic mass is 16.5. The molecule has 3 atom stereocenters. The Labute approximate surface area is 94.8 Å². The normalized spacial score (nSPS) is 28.2. The van der Waals surface area contributed by atoms with E-state index < -0.39 is 0 Å². The second kappa shape index (κ2) is 7.24. The highest BCUT2D eigenvalue weighted by Crippen LogP contribution is 2.26. The molecular weight excluding hydrogens is 186 g/mol. The molecule has 2 nitrogen and oxygen atoms in total. The van der Waals surface area contributed by atoms with Gasteiger partial charge in [-0.1, -0.05) is 32.6 Å². The summed E-state index contributed by atoms with van der Waals surface area (Å²) in [5.41, 5.74) is 0. The van der Waals surface area contributed by atoms with Crippen LogP contribution in [0.1, 0.15) is 52.4 Å². The average molecular weight is 213 g/mol. The third kappa shape index (κ3) is 4.12. The summed E-state index contributed by atoms with van der Waals surface area (Å²) in [6.45, 7) is 5.44. The van der Waals surface area contributed by atoms with Gasteiger partial charge in [-0.15, -0.1) is 0 Å². The first-order valence-corrected chi connectivity index (χ1v) is 6.58. The van der Waals surface area contributed by atoms with E-state index in [2.05, 4.69) is 26.2 Å². The Bertz CT molecular complexity index is 161. The lowest BCUT2D eigenvalue weighted by Gasteiger charge is -2.25. The van der Waals surface area contributed by atoms with E-state index in [4.69, 9.17) is 4.74 Å². The van der Waals surface area contributed by atoms with Crippen LogP contribution in [0, 0.1) is 5.92 Å². The van der Waals surface area contributed by atoms with Crippen LogP contribution in [0.4, 0.5) is 0 Å². The maximum Gasteiger partial charge on any atom is 0.0590 e. The van der Waals surface area contributed by atoms with E-state index in [-0.39, 0.29) is 0 Å². The van der Waals surface area contributed by atoms with Crippen molar-refractivity contribution < 1.29 is 4.74 Å². The lowest BCUT2D eigenvalue weighted by molar-refractivity contribution is 0.0949. The zero-order valence-electron chi connectivity index (χ0n) is 10.6. The topological polar surface area (TPSA) is 21.3 Å². The Balaban J connectivity index is 2.22. The van der Waals surface area contributed by atoms with Crippen LogP contribution in [0.15, 0.2) is 0 Å². The number of hydrogen-bond acceptors (Lipinski definition) is 2. The standard InChI is InChI=1S/C13H27NO/c1-4-5-6-7-8-13(14-3)12-9-10-15-11(12)2/h11-14H,4-10H2,1-3H3. The molecule has 0 aliphatic carbocycles. The van der Waals surface area contributed by atoms with E-state index >= 15 is 0 Å². The van der Waals surface area contributed by atoms with Gasteiger partial charge in [0.25, 0.3) is 0 Å². The first-order valence-electron chi connectivity index (χ1n) is 6.58. The predicted molar refractivity (Wildman–Crippen MR) is 65.1 cm³/mol. The van der Waals surface area contributed by atoms with Gasteiger partial charge in [0, 0.05) is 18.6 Å². The van der Waals surface area contributed by atoms with E-state index in [1.807, 2.05) is 0 Å². The first-order chi connectivity index (χ1) is 7.29. The summed E-state index contributed by atoms with van der Waals surface area (Å²) in [6.07, 6.45) is 8.46. The van der Waals surface area contributed by atoms with E-state index in [1.165, 1.54) is 38.5 Å². The second-order valence-corrected chi connectivity index (χ2v) is 4.77. The van der Waals surface area contributed by atoms with Crippen molar-refractivity contribution >= 4 is 0 Å². The van der Waals surface area contributed by atoms with Crippen molar-refractivity contribution in [3.05, 3.63) is 0 Å². The molecule has 1 N–H and O–H groups in total. The van der Waals surface area contributed by atoms with Gasteiger partial charge in [-0.2, -0.15) is 0 Å². The molecule has 2 heteroatoms. The number of nitrogens with one attached hydrogen (secondary N) is 1. The Hall–Kier alpha value is -0.0800. The minimum absolute atomic E-state index is 0.452. The molecule has 90 valence electrons. The Morgan fingerprint density at radius 1 is 1.33 bits per heavy atom. The summed E-state index contributed by atoms with van der Waals surface area (Å²) >= 11 is 0. The number of ether oxygens (including phenoxy) is 1. The number of unbranched alkanes of at least 4 members (excludes halogenated alkanes) is 3. The molecule has 0 bridgehead atoms. The lowest BCUT2D eigenvalue weighted by atomic mass is 9.90. The molecule has 0 saturated carbocycles. The third-order valence-electron chi connectivity index (χ3n) is 3.69. The van der Waals surface area contributed by atoms with Crippen LogP contribution in [-0.4, -0.2) is 25.8 Å². The molecule has 0 amide bonds. The molecule has 1 heterocycles. The van der Waals surface area contributed by atoms with Crippen molar-refractivity contribution in [1.29, 1.82) is 0 Å². The second-order valence-electron chi connectivity index (χ2n) is 4.77. The summed E-state index contributed by atoms with van der Waals surface area (Å²) in [7, 11) is 2.09. The molecule has 0 spiro atoms. The van der Waals surface area contributed by atoms with Gasteiger partial charge in [-0.3, -0.25) is 0 Å². The molecule has 3 unspecified atom stereocenters. The van der Waals surface area contributed by atoms with Crippen molar-refractivity contribution in [2.45, 2.75) is 64.5 Å². The molecule has 1 saturated heterocycles. The highest BCUT2D eigenvalue weighted by molar-refractivity contribution is 4.83. The van der Waals surface area contributed by atoms with E-state index in [0.717, 1.165) is 12.5 Å². The van der Waals surface area contributed by atoms with Crippen LogP contribution < -0.4 is 5.32 Å². The molecule has 0 aromatic rings. The highest BCUT2D eigenvalue weighted by Gasteiger charge is 2.30. The van der Waals surface area contributed by atoms with Crippen molar-refractivity contribution in [1.82, 2.24) is 5.32 Å². The molecule has 15 heavy (non-hydrogen) atoms. The van der Waals surface area contributed by atoms with Gasteiger partial charge >= 0.3 is 0 Å². The van der Waals surface area contributed by atoms with Crippen molar-refractivity contribution in [2.24, 2.45) is 5.92 Å². The van der Waals surface area contributed by atoms with E-state index in [0.29, 0.717) is 12.1 Å². The van der Waals surface area contributed by atoms with Crippen molar-refractivity contribution in [2.75, 3.05) is 13.7 Å². The van der Waals surface area contributed by atoms with Crippen molar-refractivity contribution in [3.63, 3.8) is 0 Å². The SMILES string of the molecule is CCCCCCC(NC)C1CCOC1C. The van der Waals surface area contributed by atoms with Gasteiger partial charge in [-0.25, -0.2) is 0 Å². The van der Waals surface area contributed by atoms with Gasteiger partial charge in [0.15, 0.2) is 0 Å². The Morgan fingerprint density at radius 2 is 2.13 bits per heavy atom. The Kier molecular flexibility index (Phi) is 6.26. The van der Waals surface area contributed by atoms with Gasteiger partial charge in [-0.05, 0) is 26.8 Å². The molecular formula is C13H27NO. The summed E-state index contributed by atoms with van der Waals surface area (Å²) in [4.78, 5) is 0. The van der Waals surface area contributed by atoms with E-state index in [1.54, 1.807) is 0 Å². The predicted octanol–water partition coefficient (Wildman–Crippen LogP) is 2.97. The molecule has 0 radical (unpaired) electrons. The minimum atomic E-state index is 0.452. The third-order valence-corrected chi connectivity index (χ3v) is 3.69. The summed E-state index contributed by atoms with van der Waals surface area (Å²) in [5, 5.41) is 3.47. The fourth-order valence-electron chi connectivity index (χ4n) is 2.64. The lowest BCUT2D eigenvalue weighted by Crippen LogP contribution is -2.36. The largest absolute Gasteiger partial charge is 0.378 e. The Morgan fingerprint density at radius 3 is 2.67 bits per heavy atom.